The Labute approximate surface area is 326 Å². The second-order valence-electron chi connectivity index (χ2n) is 11.8. The number of nitrogens with zero attached hydrogens (tertiary/aromatic N) is 6. The molecule has 0 atom stereocenters. The van der Waals surface area contributed by atoms with E-state index in [2.05, 4.69) is 30.2 Å². The van der Waals surface area contributed by atoms with Crippen LogP contribution in [0, 0.1) is 0 Å². The maximum atomic E-state index is 13.7. The maximum Gasteiger partial charge on any atom is 0.449 e. The summed E-state index contributed by atoms with van der Waals surface area (Å²) in [7, 11) is -4.65. The van der Waals surface area contributed by atoms with Crippen LogP contribution in [-0.2, 0) is 39.3 Å². The summed E-state index contributed by atoms with van der Waals surface area (Å²) < 4.78 is 97.6. The van der Waals surface area contributed by atoms with Gasteiger partial charge in [-0.15, -0.1) is 0 Å². The molecule has 0 saturated carbocycles. The van der Waals surface area contributed by atoms with Gasteiger partial charge in [-0.1, -0.05) is 39.1 Å². The number of nitrogen functional groups attached to an aromatic ring is 1. The average Bonchev–Trinajstić information content (AvgIpc) is 3.53. The van der Waals surface area contributed by atoms with E-state index in [1.807, 2.05) is 6.07 Å². The highest BCUT2D eigenvalue weighted by atomic mass is 32.2. The number of halogens is 3. The highest BCUT2D eigenvalue weighted by Crippen LogP contribution is 2.35. The number of nitrogens with two attached hydrogens (primary N) is 3. The molecule has 302 valence electrons. The molecular formula is C36H39F3N10O6S2. The minimum Gasteiger partial charge on any atom is -0.481 e. The smallest absolute Gasteiger partial charge is 0.449 e. The fourth-order valence-electron chi connectivity index (χ4n) is 5.51. The molecule has 0 saturated heterocycles. The van der Waals surface area contributed by atoms with Gasteiger partial charge in [0.25, 0.3) is 0 Å². The SMILES string of the molecule is C.C.COc1ccc2c(NCc3ccc(S(N)(=O)=O)cc3)c(N)cnc2n1.COc1ccc2c(ncc3nc(C(F)(F)F)n(Cc4ccc(S(N)(=O)=O)cc4)c32)n1. The molecule has 7 N–H and O–H groups in total. The van der Waals surface area contributed by atoms with Gasteiger partial charge < -0.3 is 25.1 Å². The number of hydrogen-bond donors (Lipinski definition) is 4. The van der Waals surface area contributed by atoms with E-state index in [1.54, 1.807) is 24.3 Å². The number of rotatable bonds is 9. The third-order valence-corrected chi connectivity index (χ3v) is 9.99. The Hall–Kier alpha value is -6.16. The van der Waals surface area contributed by atoms with Crippen molar-refractivity contribution in [3.05, 3.63) is 102 Å². The zero-order valence-corrected chi connectivity index (χ0v) is 30.4. The highest BCUT2D eigenvalue weighted by Gasteiger charge is 2.38. The van der Waals surface area contributed by atoms with Gasteiger partial charge in [0.2, 0.25) is 37.6 Å². The van der Waals surface area contributed by atoms with Crippen LogP contribution in [0.3, 0.4) is 0 Å². The van der Waals surface area contributed by atoms with E-state index in [0.717, 1.165) is 15.5 Å². The first-order valence-corrected chi connectivity index (χ1v) is 18.9. The van der Waals surface area contributed by atoms with Gasteiger partial charge in [-0.3, -0.25) is 0 Å². The summed E-state index contributed by atoms with van der Waals surface area (Å²) in [5.41, 5.74) is 9.51. The molecule has 7 aromatic rings. The molecule has 0 unspecified atom stereocenters. The maximum absolute atomic E-state index is 13.7. The largest absolute Gasteiger partial charge is 0.481 e. The summed E-state index contributed by atoms with van der Waals surface area (Å²) in [5, 5.41) is 14.5. The van der Waals surface area contributed by atoms with Crippen molar-refractivity contribution >= 4 is 64.5 Å². The number of primary sulfonamides is 2. The van der Waals surface area contributed by atoms with Crippen LogP contribution in [-0.4, -0.2) is 60.5 Å². The Balaban J connectivity index is 0.000000248. The molecule has 0 bridgehead atoms. The van der Waals surface area contributed by atoms with Crippen molar-refractivity contribution in [3.63, 3.8) is 0 Å². The number of ether oxygens (including phenoxy) is 2. The second kappa shape index (κ2) is 16.9. The average molecular weight is 829 g/mol. The monoisotopic (exact) mass is 828 g/mol. The summed E-state index contributed by atoms with van der Waals surface area (Å²) in [4.78, 5) is 20.4. The first-order chi connectivity index (χ1) is 26.0. The van der Waals surface area contributed by atoms with Crippen molar-refractivity contribution in [2.45, 2.75) is 43.9 Å². The van der Waals surface area contributed by atoms with Gasteiger partial charge in [0.1, 0.15) is 5.52 Å². The van der Waals surface area contributed by atoms with Crippen molar-refractivity contribution < 1.29 is 39.5 Å². The third kappa shape index (κ3) is 9.63. The predicted molar refractivity (Wildman–Crippen MR) is 210 cm³/mol. The quantitative estimate of drug-likeness (QED) is 0.141. The van der Waals surface area contributed by atoms with Crippen LogP contribution in [0.25, 0.3) is 33.1 Å². The molecule has 57 heavy (non-hydrogen) atoms. The molecule has 0 fully saturated rings. The molecule has 0 radical (unpaired) electrons. The Kier molecular flexibility index (Phi) is 12.9. The van der Waals surface area contributed by atoms with Crippen molar-refractivity contribution in [1.82, 2.24) is 29.5 Å². The van der Waals surface area contributed by atoms with Gasteiger partial charge in [-0.05, 0) is 47.5 Å². The van der Waals surface area contributed by atoms with Crippen LogP contribution < -0.4 is 30.8 Å². The molecule has 16 nitrogen and oxygen atoms in total. The molecule has 0 spiro atoms. The van der Waals surface area contributed by atoms with Crippen LogP contribution in [0.4, 0.5) is 24.5 Å². The molecule has 0 aliphatic rings. The number of fused-ring (bicyclic) bond motifs is 4. The van der Waals surface area contributed by atoms with E-state index in [9.17, 15) is 30.0 Å². The lowest BCUT2D eigenvalue weighted by molar-refractivity contribution is -0.146. The van der Waals surface area contributed by atoms with Crippen LogP contribution in [0.2, 0.25) is 0 Å². The number of aromatic nitrogens is 6. The lowest BCUT2D eigenvalue weighted by atomic mass is 10.2. The molecule has 0 aliphatic carbocycles. The standard InChI is InChI=1S/C18H14F3N5O3S.C16H17N5O3S.2CH4/c1-29-14-7-6-12-15-13(8-23-16(12)25-14)24-17(18(19,20)21)26(15)9-10-2-4-11(5-3-10)30(22,27)28;1-24-14-7-6-12-15(13(17)9-20-16(12)21-14)19-8-10-2-4-11(5-3-10)25(18,22)23;;/h2-8H,9H2,1H3,(H2,22,27,28);2-7,9H,8,17H2,1H3,(H2,18,22,23)(H,19,20,21);2*1H4. The Morgan fingerprint density at radius 1 is 0.702 bits per heavy atom. The lowest BCUT2D eigenvalue weighted by Gasteiger charge is -2.13. The molecule has 21 heteroatoms. The van der Waals surface area contributed by atoms with Crippen molar-refractivity contribution in [3.8, 4) is 11.8 Å². The number of anilines is 2. The van der Waals surface area contributed by atoms with E-state index < -0.39 is 32.0 Å². The number of methoxy groups -OCH3 is 2. The number of sulfonamides is 2. The Morgan fingerprint density at radius 3 is 1.70 bits per heavy atom. The molecule has 7 rings (SSSR count). The number of nitrogens with one attached hydrogen (secondary N) is 1. The molecule has 5 heterocycles. The van der Waals surface area contributed by atoms with Crippen LogP contribution in [0.5, 0.6) is 11.8 Å². The van der Waals surface area contributed by atoms with E-state index in [4.69, 9.17) is 25.5 Å². The van der Waals surface area contributed by atoms with Gasteiger partial charge in [0.05, 0.1) is 53.3 Å². The number of imidazole rings is 1. The van der Waals surface area contributed by atoms with Crippen molar-refractivity contribution in [2.24, 2.45) is 10.3 Å². The van der Waals surface area contributed by atoms with Gasteiger partial charge in [0.15, 0.2) is 11.3 Å². The Bertz CT molecular complexity index is 2770. The topological polar surface area (TPSA) is 246 Å². The summed E-state index contributed by atoms with van der Waals surface area (Å²) in [6, 6.07) is 18.2. The van der Waals surface area contributed by atoms with Crippen LogP contribution in [0.1, 0.15) is 31.8 Å². The van der Waals surface area contributed by atoms with Crippen molar-refractivity contribution in [2.75, 3.05) is 25.3 Å². The molecule has 0 amide bonds. The van der Waals surface area contributed by atoms with Gasteiger partial charge >= 0.3 is 6.18 Å². The van der Waals surface area contributed by atoms with E-state index in [-0.39, 0.29) is 53.7 Å². The van der Waals surface area contributed by atoms with E-state index in [1.165, 1.54) is 69.1 Å². The van der Waals surface area contributed by atoms with Crippen LogP contribution in [0.15, 0.2) is 95.0 Å². The number of benzene rings is 2. The second-order valence-corrected chi connectivity index (χ2v) is 14.9. The van der Waals surface area contributed by atoms with E-state index in [0.29, 0.717) is 40.4 Å². The summed E-state index contributed by atoms with van der Waals surface area (Å²) >= 11 is 0. The van der Waals surface area contributed by atoms with Gasteiger partial charge in [0, 0.05) is 36.0 Å². The molecule has 0 aliphatic heterocycles. The minimum absolute atomic E-state index is 0. The lowest BCUT2D eigenvalue weighted by Crippen LogP contribution is -2.16. The summed E-state index contributed by atoms with van der Waals surface area (Å²) in [6.45, 7) is 0.238. The van der Waals surface area contributed by atoms with Crippen LogP contribution >= 0.6 is 0 Å². The van der Waals surface area contributed by atoms with Gasteiger partial charge in [-0.25, -0.2) is 42.1 Å². The zero-order valence-electron chi connectivity index (χ0n) is 28.8. The minimum atomic E-state index is -4.72. The predicted octanol–water partition coefficient (Wildman–Crippen LogP) is 5.45. The van der Waals surface area contributed by atoms with Gasteiger partial charge in [-0.2, -0.15) is 23.1 Å². The molecular weight excluding hydrogens is 790 g/mol. The van der Waals surface area contributed by atoms with E-state index >= 15 is 0 Å². The fraction of sp³-hybridized carbons (Fsp3) is 0.194. The number of hydrogen-bond acceptors (Lipinski definition) is 13. The normalized spacial score (nSPS) is 11.6. The highest BCUT2D eigenvalue weighted by molar-refractivity contribution is 7.89. The molecule has 5 aromatic heterocycles. The first kappa shape index (κ1) is 43.6. The third-order valence-electron chi connectivity index (χ3n) is 8.13. The Morgan fingerprint density at radius 2 is 1.19 bits per heavy atom. The molecule has 2 aromatic carbocycles. The number of alkyl halides is 3. The summed E-state index contributed by atoms with van der Waals surface area (Å²) in [6.07, 6.45) is -1.97. The van der Waals surface area contributed by atoms with Crippen molar-refractivity contribution in [1.29, 1.82) is 0 Å². The zero-order chi connectivity index (χ0) is 39.7. The number of pyridine rings is 4. The fourth-order valence-corrected chi connectivity index (χ4v) is 6.54. The summed E-state index contributed by atoms with van der Waals surface area (Å²) in [5.74, 6) is -0.359. The first-order valence-electron chi connectivity index (χ1n) is 15.8.